The average Bonchev–Trinajstić information content (AvgIpc) is 2.91. The van der Waals surface area contributed by atoms with Gasteiger partial charge in [-0.3, -0.25) is 4.79 Å². The van der Waals surface area contributed by atoms with Gasteiger partial charge in [-0.2, -0.15) is 0 Å². The smallest absolute Gasteiger partial charge is 0.188 e. The summed E-state index contributed by atoms with van der Waals surface area (Å²) in [4.78, 5) is 11.7. The molecular weight excluding hydrogens is 330 g/mol. The third kappa shape index (κ3) is 2.84. The lowest BCUT2D eigenvalue weighted by Crippen LogP contribution is -2.03. The SMILES string of the molecule is COCOc1c(OC)cc(C=O)c2c1c(C)c(-c1ccc(C)cc1)n2C. The summed E-state index contributed by atoms with van der Waals surface area (Å²) in [5.74, 6) is 1.10. The molecule has 0 aliphatic rings. The first-order valence-electron chi connectivity index (χ1n) is 8.37. The van der Waals surface area contributed by atoms with Gasteiger partial charge in [0.25, 0.3) is 0 Å². The van der Waals surface area contributed by atoms with Crippen molar-refractivity contribution in [2.45, 2.75) is 13.8 Å². The third-order valence-electron chi connectivity index (χ3n) is 4.64. The Morgan fingerprint density at radius 3 is 2.38 bits per heavy atom. The molecule has 1 aromatic heterocycles. The van der Waals surface area contributed by atoms with Crippen LogP contribution >= 0.6 is 0 Å². The summed E-state index contributed by atoms with van der Waals surface area (Å²) in [6.07, 6.45) is 0.851. The molecule has 26 heavy (non-hydrogen) atoms. The van der Waals surface area contributed by atoms with Crippen LogP contribution in [0.1, 0.15) is 21.5 Å². The first-order chi connectivity index (χ1) is 12.5. The zero-order valence-electron chi connectivity index (χ0n) is 15.8. The van der Waals surface area contributed by atoms with Crippen molar-refractivity contribution in [3.05, 3.63) is 47.0 Å². The fourth-order valence-corrected chi connectivity index (χ4v) is 3.47. The quantitative estimate of drug-likeness (QED) is 0.491. The van der Waals surface area contributed by atoms with Crippen molar-refractivity contribution in [1.29, 1.82) is 0 Å². The van der Waals surface area contributed by atoms with Crippen LogP contribution in [-0.2, 0) is 11.8 Å². The maximum absolute atomic E-state index is 11.7. The van der Waals surface area contributed by atoms with E-state index >= 15 is 0 Å². The van der Waals surface area contributed by atoms with Gasteiger partial charge in [-0.15, -0.1) is 0 Å². The second kappa shape index (κ2) is 7.22. The summed E-state index contributed by atoms with van der Waals surface area (Å²) in [7, 11) is 5.09. The molecule has 0 spiro atoms. The number of nitrogens with zero attached hydrogens (tertiary/aromatic N) is 1. The number of rotatable bonds is 6. The Hall–Kier alpha value is -2.79. The highest BCUT2D eigenvalue weighted by molar-refractivity contribution is 6.06. The van der Waals surface area contributed by atoms with Crippen LogP contribution in [0.15, 0.2) is 30.3 Å². The molecule has 3 rings (SSSR count). The molecule has 3 aromatic rings. The Morgan fingerprint density at radius 1 is 1.12 bits per heavy atom. The van der Waals surface area contributed by atoms with Crippen LogP contribution in [0.25, 0.3) is 22.2 Å². The number of hydrogen-bond acceptors (Lipinski definition) is 4. The van der Waals surface area contributed by atoms with E-state index in [9.17, 15) is 4.79 Å². The summed E-state index contributed by atoms with van der Waals surface area (Å²) in [6.45, 7) is 4.19. The third-order valence-corrected chi connectivity index (χ3v) is 4.64. The van der Waals surface area contributed by atoms with Crippen molar-refractivity contribution in [3.63, 3.8) is 0 Å². The first-order valence-corrected chi connectivity index (χ1v) is 8.37. The molecule has 136 valence electrons. The van der Waals surface area contributed by atoms with Gasteiger partial charge in [0.1, 0.15) is 0 Å². The van der Waals surface area contributed by atoms with Crippen molar-refractivity contribution in [1.82, 2.24) is 4.57 Å². The monoisotopic (exact) mass is 353 g/mol. The number of benzene rings is 2. The van der Waals surface area contributed by atoms with Crippen molar-refractivity contribution < 1.29 is 19.0 Å². The minimum atomic E-state index is 0.0973. The van der Waals surface area contributed by atoms with Crippen LogP contribution in [0, 0.1) is 13.8 Å². The minimum absolute atomic E-state index is 0.0973. The normalized spacial score (nSPS) is 11.0. The second-order valence-corrected chi connectivity index (χ2v) is 6.29. The molecule has 0 N–H and O–H groups in total. The Balaban J connectivity index is 2.39. The van der Waals surface area contributed by atoms with E-state index in [1.165, 1.54) is 5.56 Å². The predicted octanol–water partition coefficient (Wildman–Crippen LogP) is 4.27. The van der Waals surface area contributed by atoms with E-state index in [0.717, 1.165) is 34.0 Å². The molecule has 0 saturated heterocycles. The van der Waals surface area contributed by atoms with E-state index in [1.807, 2.05) is 18.5 Å². The van der Waals surface area contributed by atoms with E-state index in [2.05, 4.69) is 31.2 Å². The number of aromatic nitrogens is 1. The number of ether oxygens (including phenoxy) is 3. The number of methoxy groups -OCH3 is 2. The van der Waals surface area contributed by atoms with Gasteiger partial charge in [0.2, 0.25) is 0 Å². The minimum Gasteiger partial charge on any atom is -0.493 e. The molecule has 0 aliphatic carbocycles. The number of aldehydes is 1. The van der Waals surface area contributed by atoms with Crippen LogP contribution in [0.3, 0.4) is 0 Å². The molecule has 0 saturated carbocycles. The molecule has 0 aliphatic heterocycles. The Labute approximate surface area is 153 Å². The topological polar surface area (TPSA) is 49.7 Å². The fraction of sp³-hybridized carbons (Fsp3) is 0.286. The zero-order chi connectivity index (χ0) is 18.8. The first kappa shape index (κ1) is 18.0. The summed E-state index contributed by atoms with van der Waals surface area (Å²) >= 11 is 0. The summed E-state index contributed by atoms with van der Waals surface area (Å²) in [6, 6.07) is 10.0. The maximum atomic E-state index is 11.7. The molecular formula is C21H23NO4. The van der Waals surface area contributed by atoms with Crippen LogP contribution < -0.4 is 9.47 Å². The highest BCUT2D eigenvalue weighted by Crippen LogP contribution is 2.44. The molecule has 1 heterocycles. The Kier molecular flexibility index (Phi) is 5.00. The molecule has 5 heteroatoms. The van der Waals surface area contributed by atoms with E-state index in [-0.39, 0.29) is 6.79 Å². The summed E-state index contributed by atoms with van der Waals surface area (Å²) in [5.41, 5.74) is 5.73. The lowest BCUT2D eigenvalue weighted by Gasteiger charge is -2.13. The molecule has 0 fully saturated rings. The van der Waals surface area contributed by atoms with Gasteiger partial charge in [-0.25, -0.2) is 0 Å². The van der Waals surface area contributed by atoms with Gasteiger partial charge in [0, 0.05) is 19.7 Å². The van der Waals surface area contributed by atoms with E-state index in [0.29, 0.717) is 17.1 Å². The zero-order valence-corrected chi connectivity index (χ0v) is 15.8. The lowest BCUT2D eigenvalue weighted by atomic mass is 10.0. The van der Waals surface area contributed by atoms with Crippen molar-refractivity contribution in [2.75, 3.05) is 21.0 Å². The fourth-order valence-electron chi connectivity index (χ4n) is 3.47. The van der Waals surface area contributed by atoms with Crippen molar-refractivity contribution in [3.8, 4) is 22.8 Å². The predicted molar refractivity (Wildman–Crippen MR) is 102 cm³/mol. The number of carbonyl (C=O) groups is 1. The van der Waals surface area contributed by atoms with Gasteiger partial charge in [0.15, 0.2) is 24.6 Å². The van der Waals surface area contributed by atoms with Crippen LogP contribution in [0.4, 0.5) is 0 Å². The average molecular weight is 353 g/mol. The summed E-state index contributed by atoms with van der Waals surface area (Å²) in [5, 5.41) is 0.863. The van der Waals surface area contributed by atoms with E-state index < -0.39 is 0 Å². The van der Waals surface area contributed by atoms with Crippen LogP contribution in [0.2, 0.25) is 0 Å². The molecule has 0 bridgehead atoms. The van der Waals surface area contributed by atoms with Crippen LogP contribution in [-0.4, -0.2) is 31.9 Å². The molecule has 0 atom stereocenters. The Morgan fingerprint density at radius 2 is 1.81 bits per heavy atom. The van der Waals surface area contributed by atoms with Crippen molar-refractivity contribution in [2.24, 2.45) is 7.05 Å². The van der Waals surface area contributed by atoms with Crippen molar-refractivity contribution >= 4 is 17.2 Å². The number of hydrogen-bond donors (Lipinski definition) is 0. The number of fused-ring (bicyclic) bond motifs is 1. The number of carbonyl (C=O) groups excluding carboxylic acids is 1. The van der Waals surface area contributed by atoms with E-state index in [1.54, 1.807) is 20.3 Å². The molecule has 5 nitrogen and oxygen atoms in total. The highest BCUT2D eigenvalue weighted by atomic mass is 16.7. The molecule has 0 amide bonds. The largest absolute Gasteiger partial charge is 0.493 e. The Bertz CT molecular complexity index is 955. The number of aryl methyl sites for hydroxylation is 3. The highest BCUT2D eigenvalue weighted by Gasteiger charge is 2.23. The van der Waals surface area contributed by atoms with Crippen LogP contribution in [0.5, 0.6) is 11.5 Å². The van der Waals surface area contributed by atoms with Gasteiger partial charge < -0.3 is 18.8 Å². The second-order valence-electron chi connectivity index (χ2n) is 6.29. The van der Waals surface area contributed by atoms with Gasteiger partial charge in [-0.1, -0.05) is 29.8 Å². The standard InChI is InChI=1S/C21H23NO4/c1-13-6-8-15(9-7-13)19-14(2)18-20(22(19)3)16(11-23)10-17(25-5)21(18)26-12-24-4/h6-11H,12H2,1-5H3. The van der Waals surface area contributed by atoms with Gasteiger partial charge >= 0.3 is 0 Å². The lowest BCUT2D eigenvalue weighted by molar-refractivity contribution is 0.0503. The molecule has 0 radical (unpaired) electrons. The summed E-state index contributed by atoms with van der Waals surface area (Å²) < 4.78 is 18.4. The van der Waals surface area contributed by atoms with Gasteiger partial charge in [0.05, 0.1) is 23.7 Å². The molecule has 0 unspecified atom stereocenters. The maximum Gasteiger partial charge on any atom is 0.188 e. The van der Waals surface area contributed by atoms with E-state index in [4.69, 9.17) is 14.2 Å². The molecule has 2 aromatic carbocycles. The van der Waals surface area contributed by atoms with Gasteiger partial charge in [-0.05, 0) is 31.0 Å².